The van der Waals surface area contributed by atoms with Gasteiger partial charge in [0, 0.05) is 6.07 Å². The maximum atomic E-state index is 12.5. The van der Waals surface area contributed by atoms with Crippen LogP contribution in [0.15, 0.2) is 59.3 Å². The Kier molecular flexibility index (Phi) is 4.89. The number of para-hydroxylation sites is 1. The molecule has 10 nitrogen and oxygen atoms in total. The zero-order chi connectivity index (χ0) is 20.2. The third-order valence-corrected chi connectivity index (χ3v) is 4.02. The minimum atomic E-state index is -0.592. The number of nitrogens with one attached hydrogen (secondary N) is 1. The van der Waals surface area contributed by atoms with Gasteiger partial charge in [0.2, 0.25) is 5.82 Å². The molecule has 1 amide bonds. The van der Waals surface area contributed by atoms with Crippen molar-refractivity contribution < 1.29 is 18.8 Å². The lowest BCUT2D eigenvalue weighted by atomic mass is 10.2. The van der Waals surface area contributed by atoms with E-state index in [-0.39, 0.29) is 11.7 Å². The summed E-state index contributed by atoms with van der Waals surface area (Å²) >= 11 is 0. The molecule has 29 heavy (non-hydrogen) atoms. The number of ether oxygens (including phenoxy) is 2. The Morgan fingerprint density at radius 1 is 1.10 bits per heavy atom. The lowest BCUT2D eigenvalue weighted by Crippen LogP contribution is -2.13. The highest BCUT2D eigenvalue weighted by atomic mass is 16.5. The number of carbonyl (C=O) groups excluding carboxylic acids is 1. The van der Waals surface area contributed by atoms with Crippen molar-refractivity contribution in [2.24, 2.45) is 0 Å². The predicted octanol–water partition coefficient (Wildman–Crippen LogP) is 2.59. The van der Waals surface area contributed by atoms with Gasteiger partial charge in [0.05, 0.1) is 31.8 Å². The third kappa shape index (κ3) is 3.76. The number of benzene rings is 2. The predicted molar refractivity (Wildman–Crippen MR) is 102 cm³/mol. The van der Waals surface area contributed by atoms with Gasteiger partial charge in [-0.05, 0) is 24.3 Å². The van der Waals surface area contributed by atoms with Crippen LogP contribution < -0.4 is 14.8 Å². The van der Waals surface area contributed by atoms with Crippen LogP contribution in [0.3, 0.4) is 0 Å². The Bertz CT molecular complexity index is 1140. The van der Waals surface area contributed by atoms with Crippen molar-refractivity contribution in [1.82, 2.24) is 25.1 Å². The molecule has 2 aromatic heterocycles. The summed E-state index contributed by atoms with van der Waals surface area (Å²) in [4.78, 5) is 16.6. The van der Waals surface area contributed by atoms with Crippen LogP contribution in [0.1, 0.15) is 10.7 Å². The first-order valence-electron chi connectivity index (χ1n) is 8.53. The molecule has 10 heteroatoms. The van der Waals surface area contributed by atoms with Crippen LogP contribution in [0.2, 0.25) is 0 Å². The number of amides is 1. The van der Waals surface area contributed by atoms with Gasteiger partial charge in [0.25, 0.3) is 0 Å². The molecule has 0 radical (unpaired) electrons. The number of hydrogen-bond donors (Lipinski definition) is 1. The van der Waals surface area contributed by atoms with E-state index in [0.717, 1.165) is 5.69 Å². The van der Waals surface area contributed by atoms with Gasteiger partial charge in [-0.1, -0.05) is 28.6 Å². The molecule has 0 aliphatic heterocycles. The quantitative estimate of drug-likeness (QED) is 0.532. The van der Waals surface area contributed by atoms with E-state index in [1.165, 1.54) is 14.2 Å². The molecule has 0 saturated heterocycles. The van der Waals surface area contributed by atoms with E-state index in [1.807, 2.05) is 30.3 Å². The molecule has 4 aromatic rings. The van der Waals surface area contributed by atoms with Gasteiger partial charge < -0.3 is 19.3 Å². The fourth-order valence-corrected chi connectivity index (χ4v) is 2.58. The average Bonchev–Trinajstić information content (AvgIpc) is 3.44. The van der Waals surface area contributed by atoms with Crippen LogP contribution in [0, 0.1) is 0 Å². The SMILES string of the molecule is COc1ccc(OC)c(NC(=O)c2nc(-c3cn(-c4ccccc4)nn3)no2)c1. The highest BCUT2D eigenvalue weighted by Gasteiger charge is 2.20. The lowest BCUT2D eigenvalue weighted by molar-refractivity contribution is 0.0981. The zero-order valence-corrected chi connectivity index (χ0v) is 15.6. The van der Waals surface area contributed by atoms with Crippen LogP contribution in [0.4, 0.5) is 5.69 Å². The van der Waals surface area contributed by atoms with Crippen molar-refractivity contribution in [2.75, 3.05) is 19.5 Å². The Hall–Kier alpha value is -4.21. The molecular weight excluding hydrogens is 376 g/mol. The van der Waals surface area contributed by atoms with Crippen molar-refractivity contribution in [3.05, 3.63) is 60.6 Å². The van der Waals surface area contributed by atoms with Gasteiger partial charge in [-0.3, -0.25) is 4.79 Å². The maximum absolute atomic E-state index is 12.5. The van der Waals surface area contributed by atoms with Crippen LogP contribution >= 0.6 is 0 Å². The zero-order valence-electron chi connectivity index (χ0n) is 15.6. The van der Waals surface area contributed by atoms with Crippen molar-refractivity contribution >= 4 is 11.6 Å². The van der Waals surface area contributed by atoms with Crippen LogP contribution in [0.25, 0.3) is 17.2 Å². The fourth-order valence-electron chi connectivity index (χ4n) is 2.58. The molecule has 0 saturated carbocycles. The summed E-state index contributed by atoms with van der Waals surface area (Å²) in [6, 6.07) is 14.5. The third-order valence-electron chi connectivity index (χ3n) is 4.02. The molecule has 1 N–H and O–H groups in total. The van der Waals surface area contributed by atoms with E-state index < -0.39 is 5.91 Å². The summed E-state index contributed by atoms with van der Waals surface area (Å²) in [5.74, 6) is 0.356. The number of anilines is 1. The fraction of sp³-hybridized carbons (Fsp3) is 0.105. The van der Waals surface area contributed by atoms with E-state index in [0.29, 0.717) is 22.9 Å². The summed E-state index contributed by atoms with van der Waals surface area (Å²) in [6.07, 6.45) is 1.65. The second-order valence-electron chi connectivity index (χ2n) is 5.83. The largest absolute Gasteiger partial charge is 0.497 e. The van der Waals surface area contributed by atoms with Gasteiger partial charge in [0.1, 0.15) is 11.5 Å². The van der Waals surface area contributed by atoms with Crippen LogP contribution in [-0.4, -0.2) is 45.3 Å². The van der Waals surface area contributed by atoms with Gasteiger partial charge >= 0.3 is 11.8 Å². The van der Waals surface area contributed by atoms with Gasteiger partial charge in [0.15, 0.2) is 5.69 Å². The Balaban J connectivity index is 1.54. The molecule has 0 spiro atoms. The normalized spacial score (nSPS) is 10.6. The molecule has 0 unspecified atom stereocenters. The second-order valence-corrected chi connectivity index (χ2v) is 5.83. The molecule has 2 heterocycles. The summed E-state index contributed by atoms with van der Waals surface area (Å²) in [6.45, 7) is 0. The molecule has 0 aliphatic rings. The number of aromatic nitrogens is 5. The van der Waals surface area contributed by atoms with E-state index in [4.69, 9.17) is 14.0 Å². The minimum Gasteiger partial charge on any atom is -0.497 e. The van der Waals surface area contributed by atoms with Crippen molar-refractivity contribution in [3.8, 4) is 28.7 Å². The number of carbonyl (C=O) groups is 1. The molecule has 0 bridgehead atoms. The van der Waals surface area contributed by atoms with Gasteiger partial charge in [-0.2, -0.15) is 4.98 Å². The number of methoxy groups -OCH3 is 2. The topological polar surface area (TPSA) is 117 Å². The van der Waals surface area contributed by atoms with Crippen LogP contribution in [0.5, 0.6) is 11.5 Å². The van der Waals surface area contributed by atoms with Crippen molar-refractivity contribution in [1.29, 1.82) is 0 Å². The first kappa shape index (κ1) is 18.2. The smallest absolute Gasteiger partial charge is 0.316 e. The van der Waals surface area contributed by atoms with Gasteiger partial charge in [-0.15, -0.1) is 5.10 Å². The van der Waals surface area contributed by atoms with Crippen molar-refractivity contribution in [2.45, 2.75) is 0 Å². The molecule has 146 valence electrons. The van der Waals surface area contributed by atoms with Gasteiger partial charge in [-0.25, -0.2) is 4.68 Å². The maximum Gasteiger partial charge on any atom is 0.316 e. The molecule has 0 fully saturated rings. The van der Waals surface area contributed by atoms with E-state index in [9.17, 15) is 4.79 Å². The van der Waals surface area contributed by atoms with E-state index in [2.05, 4.69) is 25.8 Å². The first-order chi connectivity index (χ1) is 14.2. The van der Waals surface area contributed by atoms with E-state index in [1.54, 1.807) is 29.1 Å². The highest BCUT2D eigenvalue weighted by Crippen LogP contribution is 2.29. The average molecular weight is 392 g/mol. The highest BCUT2D eigenvalue weighted by molar-refractivity contribution is 6.02. The molecule has 4 rings (SSSR count). The molecule has 0 atom stereocenters. The molecule has 0 aliphatic carbocycles. The standard InChI is InChI=1S/C19H16N6O4/c1-27-13-8-9-16(28-2)14(10-13)20-18(26)19-21-17(23-29-19)15-11-25(24-22-15)12-6-4-3-5-7-12/h3-11H,1-2H3,(H,20,26). The number of hydrogen-bond acceptors (Lipinski definition) is 8. The summed E-state index contributed by atoms with van der Waals surface area (Å²) < 4.78 is 17.1. The summed E-state index contributed by atoms with van der Waals surface area (Å²) in [5, 5.41) is 14.6. The Labute approximate surface area is 165 Å². The number of rotatable bonds is 6. The van der Waals surface area contributed by atoms with E-state index >= 15 is 0 Å². The second kappa shape index (κ2) is 7.80. The van der Waals surface area contributed by atoms with Crippen LogP contribution in [-0.2, 0) is 0 Å². The monoisotopic (exact) mass is 392 g/mol. The lowest BCUT2D eigenvalue weighted by Gasteiger charge is -2.10. The first-order valence-corrected chi connectivity index (χ1v) is 8.53. The Morgan fingerprint density at radius 3 is 2.69 bits per heavy atom. The molecule has 2 aromatic carbocycles. The molecular formula is C19H16N6O4. The van der Waals surface area contributed by atoms with Crippen molar-refractivity contribution in [3.63, 3.8) is 0 Å². The Morgan fingerprint density at radius 2 is 1.93 bits per heavy atom. The minimum absolute atomic E-state index is 0.148. The number of nitrogens with zero attached hydrogens (tertiary/aromatic N) is 5. The summed E-state index contributed by atoms with van der Waals surface area (Å²) in [5.41, 5.74) is 1.61. The summed E-state index contributed by atoms with van der Waals surface area (Å²) in [7, 11) is 3.03.